The molecule has 2 aliphatic heterocycles. The zero-order valence-corrected chi connectivity index (χ0v) is 21.3. The molecule has 6 aromatic rings. The maximum atomic E-state index is 12.9. The highest BCUT2D eigenvalue weighted by atomic mass is 16.7. The van der Waals surface area contributed by atoms with Crippen molar-refractivity contribution in [1.29, 1.82) is 0 Å². The lowest BCUT2D eigenvalue weighted by Gasteiger charge is -2.12. The van der Waals surface area contributed by atoms with E-state index in [9.17, 15) is 9.59 Å². The second-order valence-corrected chi connectivity index (χ2v) is 9.59. The predicted octanol–water partition coefficient (Wildman–Crippen LogP) is 4.85. The van der Waals surface area contributed by atoms with Crippen molar-refractivity contribution in [3.8, 4) is 34.5 Å². The van der Waals surface area contributed by atoms with Gasteiger partial charge in [-0.25, -0.2) is 9.59 Å². The molecule has 0 radical (unpaired) electrons. The molecule has 0 fully saturated rings. The van der Waals surface area contributed by atoms with Crippen LogP contribution in [0.3, 0.4) is 0 Å². The first-order chi connectivity index (χ1) is 20.1. The monoisotopic (exact) mass is 552 g/mol. The number of hydrogen-bond donors (Lipinski definition) is 0. The first-order valence-electron chi connectivity index (χ1n) is 12.8. The largest absolute Gasteiger partial charge is 0.454 e. The maximum absolute atomic E-state index is 12.9. The number of ether oxygens (including phenoxy) is 5. The lowest BCUT2D eigenvalue weighted by Crippen LogP contribution is -2.16. The van der Waals surface area contributed by atoms with Gasteiger partial charge >= 0.3 is 11.5 Å². The second-order valence-electron chi connectivity index (χ2n) is 9.59. The molecule has 0 unspecified atom stereocenters. The molecule has 0 amide bonds. The van der Waals surface area contributed by atoms with Gasteiger partial charge in [-0.15, -0.1) is 0 Å². The van der Waals surface area contributed by atoms with Gasteiger partial charge in [-0.2, -0.15) is 0 Å². The van der Waals surface area contributed by atoms with Gasteiger partial charge in [-0.05, 0) is 59.7 Å². The highest BCUT2D eigenvalue weighted by Crippen LogP contribution is 2.37. The number of fused-ring (bicyclic) bond motifs is 4. The fourth-order valence-corrected chi connectivity index (χ4v) is 5.20. The average molecular weight is 552 g/mol. The Balaban J connectivity index is 1.19. The second kappa shape index (κ2) is 8.98. The fraction of sp³-hybridized carbons (Fsp3) is 0.133. The number of oxazole rings is 2. The summed E-state index contributed by atoms with van der Waals surface area (Å²) in [5, 5.41) is 0. The van der Waals surface area contributed by atoms with Crippen LogP contribution in [0.15, 0.2) is 91.2 Å². The summed E-state index contributed by atoms with van der Waals surface area (Å²) in [5.41, 5.74) is 3.32. The van der Waals surface area contributed by atoms with Gasteiger partial charge in [0, 0.05) is 0 Å². The summed E-state index contributed by atoms with van der Waals surface area (Å²) in [6, 6.07) is 21.4. The van der Waals surface area contributed by atoms with E-state index < -0.39 is 11.5 Å². The number of rotatable bonds is 6. The molecule has 11 nitrogen and oxygen atoms in total. The van der Waals surface area contributed by atoms with E-state index in [1.165, 1.54) is 9.13 Å². The SMILES string of the molecule is O=c1oc2cccc(Oc3cccc4oc(=O)n(Cc5ccc6c(c5)OCO6)c34)c2n1Cc1ccc2c(c1)OCO2. The van der Waals surface area contributed by atoms with E-state index in [1.807, 2.05) is 24.3 Å². The number of hydrogen-bond acceptors (Lipinski definition) is 9. The summed E-state index contributed by atoms with van der Waals surface area (Å²) < 4.78 is 42.3. The summed E-state index contributed by atoms with van der Waals surface area (Å²) in [4.78, 5) is 25.9. The van der Waals surface area contributed by atoms with Crippen molar-refractivity contribution >= 4 is 22.2 Å². The van der Waals surface area contributed by atoms with Gasteiger partial charge in [-0.1, -0.05) is 24.3 Å². The Labute approximate surface area is 230 Å². The quantitative estimate of drug-likeness (QED) is 0.286. The van der Waals surface area contributed by atoms with Crippen LogP contribution in [0.25, 0.3) is 22.2 Å². The first kappa shape index (κ1) is 23.3. The molecule has 2 aliphatic rings. The molecule has 0 aliphatic carbocycles. The van der Waals surface area contributed by atoms with Gasteiger partial charge in [0.1, 0.15) is 11.0 Å². The minimum absolute atomic E-state index is 0.157. The number of benzene rings is 4. The fourth-order valence-electron chi connectivity index (χ4n) is 5.20. The maximum Gasteiger partial charge on any atom is 0.420 e. The smallest absolute Gasteiger partial charge is 0.420 e. The molecule has 0 N–H and O–H groups in total. The molecule has 2 aromatic heterocycles. The molecule has 204 valence electrons. The van der Waals surface area contributed by atoms with Crippen LogP contribution in [0.1, 0.15) is 11.1 Å². The molecule has 0 saturated carbocycles. The van der Waals surface area contributed by atoms with Crippen molar-refractivity contribution in [1.82, 2.24) is 9.13 Å². The third kappa shape index (κ3) is 3.89. The topological polar surface area (TPSA) is 116 Å². The molecule has 4 heterocycles. The molecule has 11 heteroatoms. The third-order valence-corrected chi connectivity index (χ3v) is 7.07. The van der Waals surface area contributed by atoms with Gasteiger partial charge < -0.3 is 32.5 Å². The number of aromatic nitrogens is 2. The van der Waals surface area contributed by atoms with Crippen molar-refractivity contribution in [2.75, 3.05) is 13.6 Å². The van der Waals surface area contributed by atoms with E-state index in [0.717, 1.165) is 11.1 Å². The zero-order chi connectivity index (χ0) is 27.5. The van der Waals surface area contributed by atoms with Crippen molar-refractivity contribution in [2.24, 2.45) is 0 Å². The van der Waals surface area contributed by atoms with Crippen LogP contribution in [-0.4, -0.2) is 22.7 Å². The molecule has 0 atom stereocenters. The Hall–Kier alpha value is -5.58. The van der Waals surface area contributed by atoms with Crippen LogP contribution >= 0.6 is 0 Å². The minimum Gasteiger partial charge on any atom is -0.454 e. The summed E-state index contributed by atoms with van der Waals surface area (Å²) in [6.07, 6.45) is 0. The van der Waals surface area contributed by atoms with Crippen molar-refractivity contribution < 1.29 is 32.5 Å². The van der Waals surface area contributed by atoms with Crippen LogP contribution < -0.4 is 35.2 Å². The molecular formula is C30H20N2O9. The van der Waals surface area contributed by atoms with Gasteiger partial charge in [0.05, 0.1) is 13.1 Å². The Kier molecular flexibility index (Phi) is 5.11. The zero-order valence-electron chi connectivity index (χ0n) is 21.3. The van der Waals surface area contributed by atoms with Crippen molar-refractivity contribution in [3.63, 3.8) is 0 Å². The molecule has 0 bridgehead atoms. The Bertz CT molecular complexity index is 1950. The lowest BCUT2D eigenvalue weighted by atomic mass is 10.2. The van der Waals surface area contributed by atoms with Gasteiger partial charge in [0.2, 0.25) is 13.6 Å². The summed E-state index contributed by atoms with van der Waals surface area (Å²) >= 11 is 0. The van der Waals surface area contributed by atoms with Crippen LogP contribution in [0.5, 0.6) is 34.5 Å². The lowest BCUT2D eigenvalue weighted by molar-refractivity contribution is 0.173. The van der Waals surface area contributed by atoms with Crippen LogP contribution in [0.4, 0.5) is 0 Å². The molecule has 0 saturated heterocycles. The van der Waals surface area contributed by atoms with E-state index in [4.69, 9.17) is 32.5 Å². The summed E-state index contributed by atoms with van der Waals surface area (Å²) in [6.45, 7) is 0.747. The highest BCUT2D eigenvalue weighted by Gasteiger charge is 2.21. The first-order valence-corrected chi connectivity index (χ1v) is 12.8. The van der Waals surface area contributed by atoms with E-state index >= 15 is 0 Å². The van der Waals surface area contributed by atoms with Gasteiger partial charge in [0.15, 0.2) is 45.7 Å². The summed E-state index contributed by atoms with van der Waals surface area (Å²) in [7, 11) is 0. The van der Waals surface area contributed by atoms with E-state index in [-0.39, 0.29) is 26.7 Å². The molecule has 8 rings (SSSR count). The van der Waals surface area contributed by atoms with Crippen LogP contribution in [-0.2, 0) is 13.1 Å². The van der Waals surface area contributed by atoms with Gasteiger partial charge in [0.25, 0.3) is 0 Å². The molecule has 4 aromatic carbocycles. The third-order valence-electron chi connectivity index (χ3n) is 7.07. The normalized spacial score (nSPS) is 13.4. The molecule has 41 heavy (non-hydrogen) atoms. The standard InChI is InChI=1S/C30H20N2O9/c33-29-31(13-17-7-9-19-25(11-17)37-15-35-19)27-21(3-1-5-23(27)40-29)39-22-4-2-6-24-28(22)32(30(34)41-24)14-18-8-10-20-26(12-18)38-16-36-20/h1-12H,13-16H2. The minimum atomic E-state index is -0.532. The number of para-hydroxylation sites is 2. The summed E-state index contributed by atoms with van der Waals surface area (Å²) in [5.74, 6) is 2.24. The Morgan fingerprint density at radius 2 is 1.05 bits per heavy atom. The Morgan fingerprint density at radius 3 is 1.54 bits per heavy atom. The number of nitrogens with zero attached hydrogens (tertiary/aromatic N) is 2. The average Bonchev–Trinajstić information content (AvgIpc) is 3.75. The highest BCUT2D eigenvalue weighted by molar-refractivity contribution is 5.84. The van der Waals surface area contributed by atoms with Crippen molar-refractivity contribution in [2.45, 2.75) is 13.1 Å². The van der Waals surface area contributed by atoms with E-state index in [0.29, 0.717) is 56.7 Å². The van der Waals surface area contributed by atoms with Crippen LogP contribution in [0, 0.1) is 0 Å². The molecular weight excluding hydrogens is 532 g/mol. The van der Waals surface area contributed by atoms with Gasteiger partial charge in [-0.3, -0.25) is 9.13 Å². The van der Waals surface area contributed by atoms with E-state index in [1.54, 1.807) is 48.5 Å². The predicted molar refractivity (Wildman–Crippen MR) is 144 cm³/mol. The van der Waals surface area contributed by atoms with Crippen LogP contribution in [0.2, 0.25) is 0 Å². The van der Waals surface area contributed by atoms with E-state index in [2.05, 4.69) is 0 Å². The van der Waals surface area contributed by atoms with Crippen molar-refractivity contribution in [3.05, 3.63) is 105 Å². The molecule has 0 spiro atoms. The Morgan fingerprint density at radius 1 is 0.585 bits per heavy atom.